The van der Waals surface area contributed by atoms with Crippen molar-refractivity contribution < 1.29 is 0 Å². The second-order valence-corrected chi connectivity index (χ2v) is 11.3. The molecule has 0 radical (unpaired) electrons. The number of hydrogen-bond acceptors (Lipinski definition) is 6. The number of nitrogens with one attached hydrogen (secondary N) is 2. The molecule has 0 fully saturated rings. The van der Waals surface area contributed by atoms with Crippen molar-refractivity contribution in [3.8, 4) is 11.3 Å². The van der Waals surface area contributed by atoms with Crippen LogP contribution in [0.2, 0.25) is 0 Å². The second kappa shape index (κ2) is 10.7. The van der Waals surface area contributed by atoms with Gasteiger partial charge in [0.05, 0.1) is 28.5 Å². The predicted octanol–water partition coefficient (Wildman–Crippen LogP) is 9.44. The molecule has 0 saturated heterocycles. The fourth-order valence-electron chi connectivity index (χ4n) is 5.88. The number of anilines is 7. The van der Waals surface area contributed by atoms with Gasteiger partial charge in [0, 0.05) is 34.7 Å². The minimum absolute atomic E-state index is 0.296. The molecule has 2 N–H and O–H groups in total. The lowest BCUT2D eigenvalue weighted by atomic mass is 9.73. The summed E-state index contributed by atoms with van der Waals surface area (Å²) >= 11 is 0. The Morgan fingerprint density at radius 1 is 0.581 bits per heavy atom. The molecule has 6 nitrogen and oxygen atoms in total. The average molecular weight is 561 g/mol. The van der Waals surface area contributed by atoms with Crippen LogP contribution < -0.4 is 15.5 Å². The molecule has 0 bridgehead atoms. The van der Waals surface area contributed by atoms with Gasteiger partial charge in [0.15, 0.2) is 0 Å². The molecule has 1 aliphatic heterocycles. The summed E-state index contributed by atoms with van der Waals surface area (Å²) < 4.78 is 0. The highest BCUT2D eigenvalue weighted by molar-refractivity contribution is 5.89. The Kier molecular flexibility index (Phi) is 6.59. The van der Waals surface area contributed by atoms with Crippen molar-refractivity contribution in [2.75, 3.05) is 15.5 Å². The number of aryl methyl sites for hydroxylation is 1. The molecule has 7 rings (SSSR count). The van der Waals surface area contributed by atoms with Crippen LogP contribution in [-0.4, -0.2) is 15.0 Å². The SMILES string of the molecule is Cc1nc(-c2ccccc2)ccc1N1c2ccc(Nc3ccccn3)cc2C(C)(C)c2cc(Nc3ccccn3)ccc21. The Bertz CT molecular complexity index is 1810. The molecule has 6 aromatic rings. The van der Waals surface area contributed by atoms with Gasteiger partial charge in [0.2, 0.25) is 0 Å². The first-order valence-corrected chi connectivity index (χ1v) is 14.5. The first-order valence-electron chi connectivity index (χ1n) is 14.5. The van der Waals surface area contributed by atoms with Gasteiger partial charge in [-0.1, -0.05) is 56.3 Å². The molecule has 0 spiro atoms. The number of pyridine rings is 3. The van der Waals surface area contributed by atoms with Crippen molar-refractivity contribution >= 4 is 40.1 Å². The topological polar surface area (TPSA) is 66.0 Å². The van der Waals surface area contributed by atoms with Gasteiger partial charge in [-0.05, 0) is 90.8 Å². The van der Waals surface area contributed by atoms with Crippen LogP contribution in [0.5, 0.6) is 0 Å². The summed E-state index contributed by atoms with van der Waals surface area (Å²) in [4.78, 5) is 16.4. The summed E-state index contributed by atoms with van der Waals surface area (Å²) in [5.41, 5.74) is 10.5. The van der Waals surface area contributed by atoms with E-state index in [4.69, 9.17) is 4.98 Å². The Morgan fingerprint density at radius 3 is 1.63 bits per heavy atom. The highest BCUT2D eigenvalue weighted by atomic mass is 15.2. The van der Waals surface area contributed by atoms with E-state index in [2.05, 4.69) is 107 Å². The van der Waals surface area contributed by atoms with Crippen molar-refractivity contribution in [1.29, 1.82) is 0 Å². The van der Waals surface area contributed by atoms with E-state index in [1.807, 2.05) is 54.6 Å². The van der Waals surface area contributed by atoms with Gasteiger partial charge in [0.1, 0.15) is 11.6 Å². The van der Waals surface area contributed by atoms with Crippen molar-refractivity contribution in [3.05, 3.63) is 144 Å². The van der Waals surface area contributed by atoms with Gasteiger partial charge in [0.25, 0.3) is 0 Å². The van der Waals surface area contributed by atoms with Crippen molar-refractivity contribution in [2.45, 2.75) is 26.2 Å². The Hall–Kier alpha value is -5.49. The second-order valence-electron chi connectivity index (χ2n) is 11.3. The van der Waals surface area contributed by atoms with Gasteiger partial charge in [-0.3, -0.25) is 4.98 Å². The van der Waals surface area contributed by atoms with E-state index in [1.54, 1.807) is 12.4 Å². The van der Waals surface area contributed by atoms with Crippen molar-refractivity contribution in [2.24, 2.45) is 0 Å². The van der Waals surface area contributed by atoms with Crippen LogP contribution in [0.15, 0.2) is 128 Å². The molecule has 0 unspecified atom stereocenters. The first-order chi connectivity index (χ1) is 21.0. The highest BCUT2D eigenvalue weighted by Gasteiger charge is 2.38. The van der Waals surface area contributed by atoms with Crippen LogP contribution in [0, 0.1) is 6.92 Å². The molecule has 4 heterocycles. The average Bonchev–Trinajstić information content (AvgIpc) is 3.04. The monoisotopic (exact) mass is 560 g/mol. The molecule has 210 valence electrons. The van der Waals surface area contributed by atoms with Crippen LogP contribution >= 0.6 is 0 Å². The highest BCUT2D eigenvalue weighted by Crippen LogP contribution is 2.53. The zero-order valence-electron chi connectivity index (χ0n) is 24.4. The Balaban J connectivity index is 1.37. The third-order valence-corrected chi connectivity index (χ3v) is 8.06. The largest absolute Gasteiger partial charge is 0.340 e. The fourth-order valence-corrected chi connectivity index (χ4v) is 5.88. The number of benzene rings is 3. The third-order valence-electron chi connectivity index (χ3n) is 8.06. The lowest BCUT2D eigenvalue weighted by molar-refractivity contribution is 0.632. The number of aromatic nitrogens is 3. The third kappa shape index (κ3) is 4.97. The van der Waals surface area contributed by atoms with Gasteiger partial charge in [-0.2, -0.15) is 0 Å². The lowest BCUT2D eigenvalue weighted by Gasteiger charge is -2.42. The van der Waals surface area contributed by atoms with Crippen molar-refractivity contribution in [3.63, 3.8) is 0 Å². The smallest absolute Gasteiger partial charge is 0.130 e. The standard InChI is InChI=1S/C37H32N6/c1-25-32(20-17-31(40-25)26-11-5-4-6-12-26)43-33-18-15-27(41-35-13-7-9-21-38-35)23-29(33)37(2,3)30-24-28(16-19-34(30)43)42-36-14-8-10-22-39-36/h4-24H,1-3H3,(H,38,41)(H,39,42). The maximum absolute atomic E-state index is 5.06. The van der Waals surface area contributed by atoms with Crippen LogP contribution in [0.25, 0.3) is 11.3 Å². The molecular weight excluding hydrogens is 528 g/mol. The molecule has 6 heteroatoms. The van der Waals surface area contributed by atoms with E-state index in [0.717, 1.165) is 57.0 Å². The Labute approximate surface area is 252 Å². The van der Waals surface area contributed by atoms with Crippen LogP contribution in [0.1, 0.15) is 30.7 Å². The van der Waals surface area contributed by atoms with Gasteiger partial charge in [-0.25, -0.2) is 9.97 Å². The summed E-state index contributed by atoms with van der Waals surface area (Å²) in [6.07, 6.45) is 3.60. The van der Waals surface area contributed by atoms with Crippen LogP contribution in [0.4, 0.5) is 40.1 Å². The number of nitrogens with zero attached hydrogens (tertiary/aromatic N) is 4. The maximum Gasteiger partial charge on any atom is 0.130 e. The van der Waals surface area contributed by atoms with Crippen molar-refractivity contribution in [1.82, 2.24) is 15.0 Å². The summed E-state index contributed by atoms with van der Waals surface area (Å²) in [5.74, 6) is 1.62. The molecular formula is C37H32N6. The number of rotatable bonds is 6. The van der Waals surface area contributed by atoms with E-state index >= 15 is 0 Å². The quantitative estimate of drug-likeness (QED) is 0.211. The zero-order valence-corrected chi connectivity index (χ0v) is 24.4. The maximum atomic E-state index is 5.06. The van der Waals surface area contributed by atoms with E-state index < -0.39 is 0 Å². The van der Waals surface area contributed by atoms with E-state index in [1.165, 1.54) is 11.1 Å². The predicted molar refractivity (Wildman–Crippen MR) is 176 cm³/mol. The molecule has 3 aromatic carbocycles. The molecule has 0 saturated carbocycles. The molecule has 0 atom stereocenters. The summed E-state index contributed by atoms with van der Waals surface area (Å²) in [6, 6.07) is 39.6. The molecule has 0 aliphatic carbocycles. The summed E-state index contributed by atoms with van der Waals surface area (Å²) in [7, 11) is 0. The van der Waals surface area contributed by atoms with Gasteiger partial charge < -0.3 is 15.5 Å². The minimum Gasteiger partial charge on any atom is -0.340 e. The summed E-state index contributed by atoms with van der Waals surface area (Å²) in [5, 5.41) is 6.98. The normalized spacial score (nSPS) is 13.1. The fraction of sp³-hybridized carbons (Fsp3) is 0.108. The Morgan fingerprint density at radius 2 is 1.12 bits per heavy atom. The van der Waals surface area contributed by atoms with Gasteiger partial charge in [-0.15, -0.1) is 0 Å². The molecule has 43 heavy (non-hydrogen) atoms. The van der Waals surface area contributed by atoms with Gasteiger partial charge >= 0.3 is 0 Å². The first kappa shape index (κ1) is 26.4. The summed E-state index contributed by atoms with van der Waals surface area (Å²) in [6.45, 7) is 6.68. The van der Waals surface area contributed by atoms with Crippen LogP contribution in [-0.2, 0) is 5.41 Å². The van der Waals surface area contributed by atoms with E-state index in [0.29, 0.717) is 0 Å². The number of fused-ring (bicyclic) bond motifs is 2. The number of hydrogen-bond donors (Lipinski definition) is 2. The van der Waals surface area contributed by atoms with Crippen LogP contribution in [0.3, 0.4) is 0 Å². The van der Waals surface area contributed by atoms with E-state index in [-0.39, 0.29) is 5.41 Å². The lowest BCUT2D eigenvalue weighted by Crippen LogP contribution is -2.31. The molecule has 0 amide bonds. The van der Waals surface area contributed by atoms with E-state index in [9.17, 15) is 0 Å². The molecule has 3 aromatic heterocycles. The minimum atomic E-state index is -0.296. The molecule has 1 aliphatic rings. The zero-order chi connectivity index (χ0) is 29.4.